The largest absolute Gasteiger partial charge is 0.378 e. The minimum atomic E-state index is 0.529. The molecule has 110 valence electrons. The van der Waals surface area contributed by atoms with Gasteiger partial charge in [-0.25, -0.2) is 0 Å². The van der Waals surface area contributed by atoms with Crippen molar-refractivity contribution in [3.05, 3.63) is 0 Å². The van der Waals surface area contributed by atoms with E-state index < -0.39 is 0 Å². The zero-order valence-electron chi connectivity index (χ0n) is 12.8. The third-order valence-corrected chi connectivity index (χ3v) is 6.27. The average Bonchev–Trinajstić information content (AvgIpc) is 2.31. The van der Waals surface area contributed by atoms with E-state index in [1.807, 2.05) is 0 Å². The first-order valence-electron chi connectivity index (χ1n) is 8.54. The summed E-state index contributed by atoms with van der Waals surface area (Å²) in [5.41, 5.74) is 1.10. The van der Waals surface area contributed by atoms with Crippen molar-refractivity contribution in [2.24, 2.45) is 10.8 Å². The van der Waals surface area contributed by atoms with Crippen molar-refractivity contribution >= 4 is 0 Å². The van der Waals surface area contributed by atoms with E-state index in [1.54, 1.807) is 0 Å². The zero-order valence-corrected chi connectivity index (χ0v) is 12.8. The summed E-state index contributed by atoms with van der Waals surface area (Å²) in [6.45, 7) is 6.75. The smallest absolute Gasteiger partial charge is 0.0661 e. The molecule has 2 heteroatoms. The SMILES string of the molecule is CCOC1CC(NCC2(C)CCCCC2)C12CCC2. The lowest BCUT2D eigenvalue weighted by Crippen LogP contribution is -2.67. The summed E-state index contributed by atoms with van der Waals surface area (Å²) in [6, 6.07) is 0.747. The fourth-order valence-electron chi connectivity index (χ4n) is 4.68. The van der Waals surface area contributed by atoms with Crippen LogP contribution in [0.4, 0.5) is 0 Å². The van der Waals surface area contributed by atoms with Crippen LogP contribution in [0.1, 0.15) is 71.6 Å². The van der Waals surface area contributed by atoms with Gasteiger partial charge >= 0.3 is 0 Å². The van der Waals surface area contributed by atoms with Crippen LogP contribution in [-0.4, -0.2) is 25.3 Å². The van der Waals surface area contributed by atoms with Crippen molar-refractivity contribution < 1.29 is 4.74 Å². The topological polar surface area (TPSA) is 21.3 Å². The molecule has 0 radical (unpaired) electrons. The molecule has 19 heavy (non-hydrogen) atoms. The second-order valence-electron chi connectivity index (χ2n) is 7.57. The van der Waals surface area contributed by atoms with Crippen LogP contribution in [0, 0.1) is 10.8 Å². The van der Waals surface area contributed by atoms with E-state index in [1.165, 1.54) is 64.3 Å². The molecule has 3 aliphatic rings. The van der Waals surface area contributed by atoms with E-state index in [2.05, 4.69) is 19.2 Å². The Hall–Kier alpha value is -0.0800. The monoisotopic (exact) mass is 265 g/mol. The minimum Gasteiger partial charge on any atom is -0.378 e. The minimum absolute atomic E-state index is 0.529. The molecule has 0 aromatic carbocycles. The Balaban J connectivity index is 1.51. The van der Waals surface area contributed by atoms with Crippen LogP contribution in [0.3, 0.4) is 0 Å². The third-order valence-electron chi connectivity index (χ3n) is 6.27. The Bertz CT molecular complexity index is 304. The molecule has 0 heterocycles. The van der Waals surface area contributed by atoms with Crippen LogP contribution < -0.4 is 5.32 Å². The van der Waals surface area contributed by atoms with Gasteiger partial charge in [-0.2, -0.15) is 0 Å². The summed E-state index contributed by atoms with van der Waals surface area (Å²) in [5, 5.41) is 3.93. The van der Waals surface area contributed by atoms with Gasteiger partial charge in [-0.05, 0) is 44.4 Å². The molecule has 2 atom stereocenters. The molecule has 1 spiro atoms. The summed E-state index contributed by atoms with van der Waals surface area (Å²) in [5.74, 6) is 0. The highest BCUT2D eigenvalue weighted by molar-refractivity contribution is 5.12. The quantitative estimate of drug-likeness (QED) is 0.814. The Kier molecular flexibility index (Phi) is 3.92. The van der Waals surface area contributed by atoms with Gasteiger partial charge in [-0.3, -0.25) is 0 Å². The molecule has 2 unspecified atom stereocenters. The number of hydrogen-bond acceptors (Lipinski definition) is 2. The van der Waals surface area contributed by atoms with Crippen molar-refractivity contribution in [1.29, 1.82) is 0 Å². The molecule has 0 aromatic rings. The van der Waals surface area contributed by atoms with Crippen LogP contribution in [0.15, 0.2) is 0 Å². The highest BCUT2D eigenvalue weighted by Gasteiger charge is 2.58. The Morgan fingerprint density at radius 2 is 1.79 bits per heavy atom. The summed E-state index contributed by atoms with van der Waals surface area (Å²) in [4.78, 5) is 0. The molecule has 2 nitrogen and oxygen atoms in total. The molecule has 1 N–H and O–H groups in total. The summed E-state index contributed by atoms with van der Waals surface area (Å²) < 4.78 is 5.94. The summed E-state index contributed by atoms with van der Waals surface area (Å²) in [6.07, 6.45) is 13.2. The predicted molar refractivity (Wildman–Crippen MR) is 79.3 cm³/mol. The lowest BCUT2D eigenvalue weighted by Gasteiger charge is -2.61. The Morgan fingerprint density at radius 1 is 1.05 bits per heavy atom. The molecule has 0 bridgehead atoms. The van der Waals surface area contributed by atoms with Gasteiger partial charge in [0, 0.05) is 24.6 Å². The van der Waals surface area contributed by atoms with E-state index >= 15 is 0 Å². The van der Waals surface area contributed by atoms with Gasteiger partial charge in [0.25, 0.3) is 0 Å². The first-order chi connectivity index (χ1) is 9.19. The van der Waals surface area contributed by atoms with Gasteiger partial charge in [-0.15, -0.1) is 0 Å². The molecule has 3 fully saturated rings. The van der Waals surface area contributed by atoms with E-state index in [9.17, 15) is 0 Å². The molecule has 3 rings (SSSR count). The summed E-state index contributed by atoms with van der Waals surface area (Å²) in [7, 11) is 0. The Morgan fingerprint density at radius 3 is 2.37 bits per heavy atom. The fraction of sp³-hybridized carbons (Fsp3) is 1.00. The van der Waals surface area contributed by atoms with Crippen LogP contribution >= 0.6 is 0 Å². The standard InChI is InChI=1S/C17H31NO/c1-3-19-15-12-14(17(15)10-7-11-17)18-13-16(2)8-5-4-6-9-16/h14-15,18H,3-13H2,1-2H3. The second-order valence-corrected chi connectivity index (χ2v) is 7.57. The van der Waals surface area contributed by atoms with Gasteiger partial charge in [0.15, 0.2) is 0 Å². The number of hydrogen-bond donors (Lipinski definition) is 1. The fourth-order valence-corrected chi connectivity index (χ4v) is 4.68. The molecule has 0 aromatic heterocycles. The molecule has 3 aliphatic carbocycles. The maximum Gasteiger partial charge on any atom is 0.0661 e. The molecule has 0 saturated heterocycles. The van der Waals surface area contributed by atoms with E-state index in [0.717, 1.165) is 12.6 Å². The van der Waals surface area contributed by atoms with Crippen LogP contribution in [-0.2, 0) is 4.74 Å². The van der Waals surface area contributed by atoms with Gasteiger partial charge in [-0.1, -0.05) is 32.6 Å². The third kappa shape index (κ3) is 2.47. The van der Waals surface area contributed by atoms with Crippen LogP contribution in [0.25, 0.3) is 0 Å². The molecule has 0 amide bonds. The highest BCUT2D eigenvalue weighted by atomic mass is 16.5. The second kappa shape index (κ2) is 5.37. The molecule has 3 saturated carbocycles. The van der Waals surface area contributed by atoms with Gasteiger partial charge in [0.05, 0.1) is 6.10 Å². The van der Waals surface area contributed by atoms with Gasteiger partial charge in [0.2, 0.25) is 0 Å². The highest BCUT2D eigenvalue weighted by Crippen LogP contribution is 2.57. The first-order valence-corrected chi connectivity index (χ1v) is 8.54. The molecular weight excluding hydrogens is 234 g/mol. The first kappa shape index (κ1) is 13.9. The normalized spacial score (nSPS) is 35.7. The molecular formula is C17H31NO. The van der Waals surface area contributed by atoms with Crippen molar-refractivity contribution in [3.63, 3.8) is 0 Å². The van der Waals surface area contributed by atoms with E-state index in [0.29, 0.717) is 16.9 Å². The maximum atomic E-state index is 5.94. The van der Waals surface area contributed by atoms with Crippen molar-refractivity contribution in [2.75, 3.05) is 13.2 Å². The summed E-state index contributed by atoms with van der Waals surface area (Å²) >= 11 is 0. The van der Waals surface area contributed by atoms with E-state index in [4.69, 9.17) is 4.74 Å². The van der Waals surface area contributed by atoms with Crippen LogP contribution in [0.2, 0.25) is 0 Å². The van der Waals surface area contributed by atoms with Crippen molar-refractivity contribution in [1.82, 2.24) is 5.32 Å². The van der Waals surface area contributed by atoms with Gasteiger partial charge in [0.1, 0.15) is 0 Å². The van der Waals surface area contributed by atoms with Crippen molar-refractivity contribution in [3.8, 4) is 0 Å². The van der Waals surface area contributed by atoms with Crippen LogP contribution in [0.5, 0.6) is 0 Å². The number of ether oxygens (including phenoxy) is 1. The lowest BCUT2D eigenvalue weighted by molar-refractivity contribution is -0.174. The predicted octanol–water partition coefficient (Wildman–Crippen LogP) is 3.89. The van der Waals surface area contributed by atoms with E-state index in [-0.39, 0.29) is 0 Å². The Labute approximate surface area is 118 Å². The average molecular weight is 265 g/mol. The number of nitrogens with one attached hydrogen (secondary N) is 1. The van der Waals surface area contributed by atoms with Gasteiger partial charge < -0.3 is 10.1 Å². The number of rotatable bonds is 5. The zero-order chi connectivity index (χ0) is 13.3. The lowest BCUT2D eigenvalue weighted by atomic mass is 9.51. The van der Waals surface area contributed by atoms with Crippen molar-refractivity contribution in [2.45, 2.75) is 83.8 Å². The maximum absolute atomic E-state index is 5.94. The molecule has 0 aliphatic heterocycles.